The Labute approximate surface area is 111 Å². The van der Waals surface area contributed by atoms with Gasteiger partial charge in [0.15, 0.2) is 5.82 Å². The molecule has 1 N–H and O–H groups in total. The summed E-state index contributed by atoms with van der Waals surface area (Å²) in [5.74, 6) is 0.577. The molecule has 2 rings (SSSR count). The van der Waals surface area contributed by atoms with E-state index in [-0.39, 0.29) is 11.9 Å². The van der Waals surface area contributed by atoms with Crippen LogP contribution < -0.4 is 5.32 Å². The third kappa shape index (κ3) is 2.70. The second-order valence-electron chi connectivity index (χ2n) is 4.04. The number of carbonyl (C=O) groups excluding carboxylic acids is 1. The lowest BCUT2D eigenvalue weighted by molar-refractivity contribution is 0.0937. The standard InChI is InChI=1S/C12H14N4OS/c1-8(11-15-13-7-16(11)2)14-12(17)9-3-5-10(18)6-4-9/h3-8,18H,1-2H3,(H,14,17). The third-order valence-corrected chi connectivity index (χ3v) is 2.91. The molecule has 1 atom stereocenters. The van der Waals surface area contributed by atoms with Crippen LogP contribution in [0.4, 0.5) is 0 Å². The number of nitrogens with zero attached hydrogens (tertiary/aromatic N) is 3. The van der Waals surface area contributed by atoms with Gasteiger partial charge in [-0.3, -0.25) is 4.79 Å². The Balaban J connectivity index is 2.08. The first-order chi connectivity index (χ1) is 8.58. The van der Waals surface area contributed by atoms with E-state index in [0.717, 1.165) is 4.90 Å². The van der Waals surface area contributed by atoms with E-state index in [4.69, 9.17) is 0 Å². The molecule has 0 aliphatic carbocycles. The summed E-state index contributed by atoms with van der Waals surface area (Å²) in [7, 11) is 1.84. The average molecular weight is 262 g/mol. The second kappa shape index (κ2) is 5.22. The van der Waals surface area contributed by atoms with E-state index in [1.165, 1.54) is 0 Å². The molecule has 1 amide bonds. The Morgan fingerprint density at radius 2 is 2.06 bits per heavy atom. The van der Waals surface area contributed by atoms with Gasteiger partial charge in [-0.15, -0.1) is 22.8 Å². The van der Waals surface area contributed by atoms with Crippen molar-refractivity contribution in [2.75, 3.05) is 0 Å². The van der Waals surface area contributed by atoms with E-state index in [0.29, 0.717) is 11.4 Å². The summed E-state index contributed by atoms with van der Waals surface area (Å²) in [6.07, 6.45) is 1.60. The highest BCUT2D eigenvalue weighted by molar-refractivity contribution is 7.80. The molecule has 0 bridgehead atoms. The fraction of sp³-hybridized carbons (Fsp3) is 0.250. The lowest BCUT2D eigenvalue weighted by Crippen LogP contribution is -2.28. The van der Waals surface area contributed by atoms with Gasteiger partial charge in [-0.2, -0.15) is 0 Å². The Kier molecular flexibility index (Phi) is 3.66. The van der Waals surface area contributed by atoms with Crippen molar-refractivity contribution in [1.82, 2.24) is 20.1 Å². The molecule has 1 aromatic heterocycles. The van der Waals surface area contributed by atoms with Gasteiger partial charge in [-0.05, 0) is 31.2 Å². The van der Waals surface area contributed by atoms with Crippen LogP contribution >= 0.6 is 12.6 Å². The lowest BCUT2D eigenvalue weighted by Gasteiger charge is -2.12. The van der Waals surface area contributed by atoms with Gasteiger partial charge in [-0.1, -0.05) is 0 Å². The smallest absolute Gasteiger partial charge is 0.251 e. The predicted molar refractivity (Wildman–Crippen MR) is 70.6 cm³/mol. The number of hydrogen-bond donors (Lipinski definition) is 2. The maximum absolute atomic E-state index is 12.0. The fourth-order valence-electron chi connectivity index (χ4n) is 1.64. The first kappa shape index (κ1) is 12.6. The number of aromatic nitrogens is 3. The summed E-state index contributed by atoms with van der Waals surface area (Å²) in [5.41, 5.74) is 0.599. The number of aryl methyl sites for hydroxylation is 1. The zero-order valence-corrected chi connectivity index (χ0v) is 11.1. The maximum Gasteiger partial charge on any atom is 0.251 e. The summed E-state index contributed by atoms with van der Waals surface area (Å²) in [6.45, 7) is 1.87. The SMILES string of the molecule is CC(NC(=O)c1ccc(S)cc1)c1nncn1C. The minimum Gasteiger partial charge on any atom is -0.342 e. The van der Waals surface area contributed by atoms with E-state index >= 15 is 0 Å². The molecule has 0 spiro atoms. The molecular formula is C12H14N4OS. The quantitative estimate of drug-likeness (QED) is 0.826. The van der Waals surface area contributed by atoms with E-state index in [2.05, 4.69) is 28.1 Å². The van der Waals surface area contributed by atoms with Gasteiger partial charge in [0.1, 0.15) is 6.33 Å². The van der Waals surface area contributed by atoms with Gasteiger partial charge < -0.3 is 9.88 Å². The van der Waals surface area contributed by atoms with Crippen LogP contribution in [0.3, 0.4) is 0 Å². The Hall–Kier alpha value is -1.82. The number of benzene rings is 1. The summed E-state index contributed by atoms with van der Waals surface area (Å²) < 4.78 is 1.78. The molecule has 0 aliphatic rings. The molecule has 0 fully saturated rings. The van der Waals surface area contributed by atoms with Crippen LogP contribution in [0.25, 0.3) is 0 Å². The molecule has 1 unspecified atom stereocenters. The van der Waals surface area contributed by atoms with Crippen molar-refractivity contribution in [2.45, 2.75) is 17.9 Å². The highest BCUT2D eigenvalue weighted by atomic mass is 32.1. The molecule has 0 saturated heterocycles. The van der Waals surface area contributed by atoms with Crippen molar-refractivity contribution in [3.63, 3.8) is 0 Å². The van der Waals surface area contributed by atoms with Crippen LogP contribution in [0.1, 0.15) is 29.1 Å². The third-order valence-electron chi connectivity index (χ3n) is 2.61. The Morgan fingerprint density at radius 3 is 2.61 bits per heavy atom. The van der Waals surface area contributed by atoms with E-state index in [1.54, 1.807) is 35.2 Å². The van der Waals surface area contributed by atoms with Crippen LogP contribution in [0.15, 0.2) is 35.5 Å². The van der Waals surface area contributed by atoms with Crippen molar-refractivity contribution in [3.05, 3.63) is 42.0 Å². The van der Waals surface area contributed by atoms with Crippen LogP contribution in [0.2, 0.25) is 0 Å². The molecule has 6 heteroatoms. The Morgan fingerprint density at radius 1 is 1.39 bits per heavy atom. The van der Waals surface area contributed by atoms with Gasteiger partial charge in [0.05, 0.1) is 6.04 Å². The fourth-order valence-corrected chi connectivity index (χ4v) is 1.79. The summed E-state index contributed by atoms with van der Waals surface area (Å²) in [5, 5.41) is 10.6. The first-order valence-electron chi connectivity index (χ1n) is 5.51. The highest BCUT2D eigenvalue weighted by Crippen LogP contribution is 2.11. The van der Waals surface area contributed by atoms with E-state index < -0.39 is 0 Å². The molecule has 1 aromatic carbocycles. The van der Waals surface area contributed by atoms with Crippen LogP contribution in [0, 0.1) is 0 Å². The van der Waals surface area contributed by atoms with Crippen molar-refractivity contribution >= 4 is 18.5 Å². The molecule has 0 saturated carbocycles. The lowest BCUT2D eigenvalue weighted by atomic mass is 10.2. The largest absolute Gasteiger partial charge is 0.342 e. The zero-order valence-electron chi connectivity index (χ0n) is 10.2. The molecular weight excluding hydrogens is 248 g/mol. The molecule has 1 heterocycles. The van der Waals surface area contributed by atoms with Crippen molar-refractivity contribution in [1.29, 1.82) is 0 Å². The number of thiol groups is 1. The molecule has 0 aliphatic heterocycles. The predicted octanol–water partition coefficient (Wildman–Crippen LogP) is 1.59. The molecule has 94 valence electrons. The number of rotatable bonds is 3. The molecule has 0 radical (unpaired) electrons. The molecule has 2 aromatic rings. The highest BCUT2D eigenvalue weighted by Gasteiger charge is 2.15. The van der Waals surface area contributed by atoms with Crippen molar-refractivity contribution in [2.24, 2.45) is 7.05 Å². The number of nitrogens with one attached hydrogen (secondary N) is 1. The number of hydrogen-bond acceptors (Lipinski definition) is 4. The molecule has 18 heavy (non-hydrogen) atoms. The minimum absolute atomic E-state index is 0.140. The summed E-state index contributed by atoms with van der Waals surface area (Å²) in [6, 6.07) is 6.85. The van der Waals surface area contributed by atoms with E-state index in [9.17, 15) is 4.79 Å². The van der Waals surface area contributed by atoms with Crippen molar-refractivity contribution < 1.29 is 4.79 Å². The summed E-state index contributed by atoms with van der Waals surface area (Å²) in [4.78, 5) is 12.8. The first-order valence-corrected chi connectivity index (χ1v) is 5.96. The number of amides is 1. The van der Waals surface area contributed by atoms with Crippen LogP contribution in [-0.4, -0.2) is 20.7 Å². The molecule has 5 nitrogen and oxygen atoms in total. The van der Waals surface area contributed by atoms with E-state index in [1.807, 2.05) is 14.0 Å². The Bertz CT molecular complexity index is 549. The van der Waals surface area contributed by atoms with Gasteiger partial charge in [-0.25, -0.2) is 0 Å². The van der Waals surface area contributed by atoms with Gasteiger partial charge in [0.2, 0.25) is 0 Å². The van der Waals surface area contributed by atoms with Crippen molar-refractivity contribution in [3.8, 4) is 0 Å². The van der Waals surface area contributed by atoms with Crippen LogP contribution in [0.5, 0.6) is 0 Å². The summed E-state index contributed by atoms with van der Waals surface area (Å²) >= 11 is 4.18. The zero-order chi connectivity index (χ0) is 13.1. The monoisotopic (exact) mass is 262 g/mol. The normalized spacial score (nSPS) is 12.2. The number of carbonyl (C=O) groups is 1. The van der Waals surface area contributed by atoms with Gasteiger partial charge in [0, 0.05) is 17.5 Å². The average Bonchev–Trinajstić information content (AvgIpc) is 2.76. The topological polar surface area (TPSA) is 59.8 Å². The van der Waals surface area contributed by atoms with Gasteiger partial charge in [0.25, 0.3) is 5.91 Å². The second-order valence-corrected chi connectivity index (χ2v) is 4.56. The minimum atomic E-state index is -0.194. The maximum atomic E-state index is 12.0. The van der Waals surface area contributed by atoms with Gasteiger partial charge >= 0.3 is 0 Å². The van der Waals surface area contributed by atoms with Crippen LogP contribution in [-0.2, 0) is 7.05 Å².